The first kappa shape index (κ1) is 14.2. The van der Waals surface area contributed by atoms with E-state index in [1.807, 2.05) is 4.90 Å². The van der Waals surface area contributed by atoms with Gasteiger partial charge in [0, 0.05) is 18.7 Å². The van der Waals surface area contributed by atoms with Crippen molar-refractivity contribution < 1.29 is 4.79 Å². The number of hydrogen-bond donors (Lipinski definition) is 1. The zero-order valence-electron chi connectivity index (χ0n) is 11.6. The quantitative estimate of drug-likeness (QED) is 0.799. The van der Waals surface area contributed by atoms with Crippen LogP contribution in [-0.4, -0.2) is 23.9 Å². The molecule has 0 bridgehead atoms. The lowest BCUT2D eigenvalue weighted by Gasteiger charge is -2.23. The van der Waals surface area contributed by atoms with Gasteiger partial charge < -0.3 is 10.6 Å². The van der Waals surface area contributed by atoms with E-state index in [0.717, 1.165) is 25.9 Å². The van der Waals surface area contributed by atoms with Crippen LogP contribution in [0.15, 0.2) is 18.2 Å². The predicted molar refractivity (Wildman–Crippen MR) is 79.4 cm³/mol. The molecule has 3 nitrogen and oxygen atoms in total. The van der Waals surface area contributed by atoms with Gasteiger partial charge in [0.1, 0.15) is 0 Å². The minimum absolute atomic E-state index is 0.0565. The SMILES string of the molecule is CC1(C)CCCN(C(=O)c2ccc(Cl)c(N)c2)CC1. The van der Waals surface area contributed by atoms with Gasteiger partial charge in [0.25, 0.3) is 5.91 Å². The lowest BCUT2D eigenvalue weighted by Crippen LogP contribution is -2.32. The number of anilines is 1. The van der Waals surface area contributed by atoms with E-state index in [1.54, 1.807) is 18.2 Å². The van der Waals surface area contributed by atoms with Crippen molar-refractivity contribution >= 4 is 23.2 Å². The van der Waals surface area contributed by atoms with Gasteiger partial charge in [-0.2, -0.15) is 0 Å². The number of nitrogens with zero attached hydrogens (tertiary/aromatic N) is 1. The maximum atomic E-state index is 12.5. The summed E-state index contributed by atoms with van der Waals surface area (Å²) in [5.41, 5.74) is 7.17. The van der Waals surface area contributed by atoms with Crippen molar-refractivity contribution in [2.24, 2.45) is 5.41 Å². The van der Waals surface area contributed by atoms with E-state index in [-0.39, 0.29) is 5.91 Å². The van der Waals surface area contributed by atoms with Crippen molar-refractivity contribution in [3.63, 3.8) is 0 Å². The van der Waals surface area contributed by atoms with Crippen molar-refractivity contribution in [3.05, 3.63) is 28.8 Å². The third-order valence-electron chi connectivity index (χ3n) is 3.87. The molecule has 0 atom stereocenters. The maximum absolute atomic E-state index is 12.5. The lowest BCUT2D eigenvalue weighted by atomic mass is 9.85. The van der Waals surface area contributed by atoms with Gasteiger partial charge in [-0.25, -0.2) is 0 Å². The van der Waals surface area contributed by atoms with E-state index in [4.69, 9.17) is 17.3 Å². The van der Waals surface area contributed by atoms with Crippen molar-refractivity contribution in [1.29, 1.82) is 0 Å². The second kappa shape index (κ2) is 5.41. The average Bonchev–Trinajstić information content (AvgIpc) is 2.53. The van der Waals surface area contributed by atoms with Crippen LogP contribution in [0, 0.1) is 5.41 Å². The van der Waals surface area contributed by atoms with Gasteiger partial charge >= 0.3 is 0 Å². The molecule has 1 fully saturated rings. The largest absolute Gasteiger partial charge is 0.398 e. The summed E-state index contributed by atoms with van der Waals surface area (Å²) in [7, 11) is 0. The Morgan fingerprint density at radius 1 is 1.32 bits per heavy atom. The van der Waals surface area contributed by atoms with Crippen LogP contribution in [0.3, 0.4) is 0 Å². The number of benzene rings is 1. The Bertz CT molecular complexity index is 485. The summed E-state index contributed by atoms with van der Waals surface area (Å²) in [6.45, 7) is 6.17. The fourth-order valence-electron chi connectivity index (χ4n) is 2.49. The monoisotopic (exact) mass is 280 g/mol. The number of hydrogen-bond acceptors (Lipinski definition) is 2. The normalized spacial score (nSPS) is 19.0. The maximum Gasteiger partial charge on any atom is 0.253 e. The fourth-order valence-corrected chi connectivity index (χ4v) is 2.60. The van der Waals surface area contributed by atoms with E-state index in [1.165, 1.54) is 6.42 Å². The third-order valence-corrected chi connectivity index (χ3v) is 4.21. The zero-order valence-corrected chi connectivity index (χ0v) is 12.3. The molecule has 1 amide bonds. The van der Waals surface area contributed by atoms with Crippen molar-refractivity contribution in [1.82, 2.24) is 4.90 Å². The predicted octanol–water partition coefficient (Wildman–Crippen LogP) is 3.57. The van der Waals surface area contributed by atoms with E-state index in [9.17, 15) is 4.79 Å². The molecule has 2 rings (SSSR count). The molecule has 4 heteroatoms. The van der Waals surface area contributed by atoms with Crippen LogP contribution in [0.1, 0.15) is 43.5 Å². The third kappa shape index (κ3) is 3.41. The molecule has 104 valence electrons. The zero-order chi connectivity index (χ0) is 14.0. The highest BCUT2D eigenvalue weighted by Gasteiger charge is 2.26. The second-order valence-electron chi connectivity index (χ2n) is 6.05. The molecule has 0 radical (unpaired) electrons. The minimum Gasteiger partial charge on any atom is -0.398 e. The number of halogens is 1. The number of nitrogens with two attached hydrogens (primary N) is 1. The molecule has 1 aliphatic heterocycles. The van der Waals surface area contributed by atoms with Gasteiger partial charge in [0.2, 0.25) is 0 Å². The minimum atomic E-state index is 0.0565. The van der Waals surface area contributed by atoms with Crippen molar-refractivity contribution in [2.45, 2.75) is 33.1 Å². The Labute approximate surface area is 119 Å². The van der Waals surface area contributed by atoms with Crippen LogP contribution < -0.4 is 5.73 Å². The highest BCUT2D eigenvalue weighted by atomic mass is 35.5. The van der Waals surface area contributed by atoms with Crippen LogP contribution in [0.25, 0.3) is 0 Å². The molecular weight excluding hydrogens is 260 g/mol. The standard InChI is InChI=1S/C15H21ClN2O/c1-15(2)6-3-8-18(9-7-15)14(19)11-4-5-12(16)13(17)10-11/h4-5,10H,3,6-9,17H2,1-2H3. The molecule has 2 N–H and O–H groups in total. The summed E-state index contributed by atoms with van der Waals surface area (Å²) in [6.07, 6.45) is 3.27. The van der Waals surface area contributed by atoms with E-state index in [0.29, 0.717) is 21.7 Å². The Morgan fingerprint density at radius 3 is 2.74 bits per heavy atom. The van der Waals surface area contributed by atoms with Crippen LogP contribution in [-0.2, 0) is 0 Å². The van der Waals surface area contributed by atoms with Crippen LogP contribution in [0.5, 0.6) is 0 Å². The highest BCUT2D eigenvalue weighted by molar-refractivity contribution is 6.33. The first-order valence-corrected chi connectivity index (χ1v) is 7.11. The molecule has 1 heterocycles. The van der Waals surface area contributed by atoms with Gasteiger partial charge in [-0.05, 0) is 42.9 Å². The van der Waals surface area contributed by atoms with Crippen LogP contribution in [0.2, 0.25) is 5.02 Å². The molecule has 0 spiro atoms. The van der Waals surface area contributed by atoms with Gasteiger partial charge in [-0.15, -0.1) is 0 Å². The molecule has 0 aromatic heterocycles. The van der Waals surface area contributed by atoms with Crippen LogP contribution in [0.4, 0.5) is 5.69 Å². The van der Waals surface area contributed by atoms with Gasteiger partial charge in [-0.1, -0.05) is 25.4 Å². The Morgan fingerprint density at radius 2 is 2.05 bits per heavy atom. The highest BCUT2D eigenvalue weighted by Crippen LogP contribution is 2.30. The number of rotatable bonds is 1. The van der Waals surface area contributed by atoms with Crippen LogP contribution >= 0.6 is 11.6 Å². The first-order valence-electron chi connectivity index (χ1n) is 6.73. The number of nitrogen functional groups attached to an aromatic ring is 1. The summed E-state index contributed by atoms with van der Waals surface area (Å²) in [6, 6.07) is 5.10. The Balaban J connectivity index is 2.13. The Hall–Kier alpha value is -1.22. The first-order chi connectivity index (χ1) is 8.89. The fraction of sp³-hybridized carbons (Fsp3) is 0.533. The second-order valence-corrected chi connectivity index (χ2v) is 6.45. The topological polar surface area (TPSA) is 46.3 Å². The molecule has 0 aliphatic carbocycles. The molecule has 19 heavy (non-hydrogen) atoms. The molecule has 1 aromatic rings. The molecular formula is C15H21ClN2O. The summed E-state index contributed by atoms with van der Waals surface area (Å²) in [4.78, 5) is 14.4. The smallest absolute Gasteiger partial charge is 0.253 e. The summed E-state index contributed by atoms with van der Waals surface area (Å²) < 4.78 is 0. The number of carbonyl (C=O) groups is 1. The van der Waals surface area contributed by atoms with E-state index in [2.05, 4.69) is 13.8 Å². The molecule has 1 aliphatic rings. The molecule has 0 saturated carbocycles. The number of amides is 1. The van der Waals surface area contributed by atoms with Gasteiger partial charge in [0.15, 0.2) is 0 Å². The summed E-state index contributed by atoms with van der Waals surface area (Å²) in [5.74, 6) is 0.0565. The summed E-state index contributed by atoms with van der Waals surface area (Å²) >= 11 is 5.88. The Kier molecular flexibility index (Phi) is 4.04. The van der Waals surface area contributed by atoms with Crippen molar-refractivity contribution in [3.8, 4) is 0 Å². The van der Waals surface area contributed by atoms with Crippen molar-refractivity contribution in [2.75, 3.05) is 18.8 Å². The average molecular weight is 281 g/mol. The van der Waals surface area contributed by atoms with Gasteiger partial charge in [-0.3, -0.25) is 4.79 Å². The molecule has 0 unspecified atom stereocenters. The lowest BCUT2D eigenvalue weighted by molar-refractivity contribution is 0.0757. The number of likely N-dealkylation sites (tertiary alicyclic amines) is 1. The van der Waals surface area contributed by atoms with E-state index >= 15 is 0 Å². The molecule has 1 aromatic carbocycles. The van der Waals surface area contributed by atoms with Gasteiger partial charge in [0.05, 0.1) is 10.7 Å². The molecule has 1 saturated heterocycles. The van der Waals surface area contributed by atoms with E-state index < -0.39 is 0 Å². The summed E-state index contributed by atoms with van der Waals surface area (Å²) in [5, 5.41) is 0.494. The number of carbonyl (C=O) groups excluding carboxylic acids is 1.